The van der Waals surface area contributed by atoms with Gasteiger partial charge in [-0.05, 0) is 109 Å². The first-order valence-electron chi connectivity index (χ1n) is 14.4. The molecule has 0 heterocycles. The van der Waals surface area contributed by atoms with Crippen LogP contribution in [0.25, 0.3) is 0 Å². The van der Waals surface area contributed by atoms with Gasteiger partial charge in [-0.15, -0.1) is 0 Å². The van der Waals surface area contributed by atoms with Gasteiger partial charge in [-0.3, -0.25) is 0 Å². The smallest absolute Gasteiger partial charge is 0.0571 e. The zero-order valence-corrected chi connectivity index (χ0v) is 23.4. The van der Waals surface area contributed by atoms with Crippen molar-refractivity contribution in [1.29, 1.82) is 0 Å². The molecule has 2 unspecified atom stereocenters. The van der Waals surface area contributed by atoms with E-state index in [0.29, 0.717) is 6.17 Å². The van der Waals surface area contributed by atoms with Crippen LogP contribution in [0.1, 0.15) is 113 Å². The molecule has 0 saturated carbocycles. The fraction of sp³-hybridized carbons (Fsp3) is 1.00. The van der Waals surface area contributed by atoms with Crippen LogP contribution in [0.2, 0.25) is 0 Å². The summed E-state index contributed by atoms with van der Waals surface area (Å²) in [7, 11) is 0. The molecule has 0 aliphatic rings. The Balaban J connectivity index is 4.39. The molecule has 194 valence electrons. The summed E-state index contributed by atoms with van der Waals surface area (Å²) >= 11 is 0. The number of rotatable bonds is 24. The third kappa shape index (κ3) is 18.3. The third-order valence-electron chi connectivity index (χ3n) is 6.56. The first-order chi connectivity index (χ1) is 15.5. The zero-order valence-electron chi connectivity index (χ0n) is 23.4. The van der Waals surface area contributed by atoms with Crippen LogP contribution in [0.4, 0.5) is 0 Å². The summed E-state index contributed by atoms with van der Waals surface area (Å²) in [6.45, 7) is 26.1. The van der Waals surface area contributed by atoms with Gasteiger partial charge in [-0.1, -0.05) is 67.7 Å². The van der Waals surface area contributed by atoms with Gasteiger partial charge in [-0.2, -0.15) is 0 Å². The highest BCUT2D eigenvalue weighted by Gasteiger charge is 2.13. The summed E-state index contributed by atoms with van der Waals surface area (Å²) in [5.41, 5.74) is 0. The summed E-state index contributed by atoms with van der Waals surface area (Å²) in [6.07, 6.45) is 13.4. The molecule has 4 heteroatoms. The van der Waals surface area contributed by atoms with Crippen molar-refractivity contribution in [3.63, 3.8) is 0 Å². The fourth-order valence-electron chi connectivity index (χ4n) is 4.51. The Morgan fingerprint density at radius 2 is 0.906 bits per heavy atom. The van der Waals surface area contributed by atoms with E-state index in [1.807, 2.05) is 0 Å². The van der Waals surface area contributed by atoms with E-state index in [1.54, 1.807) is 0 Å². The predicted molar refractivity (Wildman–Crippen MR) is 146 cm³/mol. The van der Waals surface area contributed by atoms with E-state index in [1.165, 1.54) is 103 Å². The lowest BCUT2D eigenvalue weighted by Gasteiger charge is -2.27. The van der Waals surface area contributed by atoms with Crippen LogP contribution in [0.5, 0.6) is 0 Å². The van der Waals surface area contributed by atoms with E-state index < -0.39 is 0 Å². The molecule has 0 fully saturated rings. The highest BCUT2D eigenvalue weighted by atomic mass is 16.7. The first kappa shape index (κ1) is 31.8. The summed E-state index contributed by atoms with van der Waals surface area (Å²) < 4.78 is 0. The zero-order chi connectivity index (χ0) is 24.0. The van der Waals surface area contributed by atoms with Crippen molar-refractivity contribution >= 4 is 0 Å². The van der Waals surface area contributed by atoms with E-state index in [2.05, 4.69) is 68.9 Å². The Kier molecular flexibility index (Phi) is 22.5. The minimum Gasteiger partial charge on any atom is -0.303 e. The average Bonchev–Trinajstić information content (AvgIpc) is 2.78. The lowest BCUT2D eigenvalue weighted by Crippen LogP contribution is -2.46. The minimum absolute atomic E-state index is 0.469. The summed E-state index contributed by atoms with van der Waals surface area (Å²) in [5.74, 6) is 1.46. The summed E-state index contributed by atoms with van der Waals surface area (Å²) in [4.78, 5) is 5.30. The van der Waals surface area contributed by atoms with Gasteiger partial charge in [0.05, 0.1) is 6.17 Å². The molecule has 0 aromatic carbocycles. The van der Waals surface area contributed by atoms with Crippen molar-refractivity contribution < 1.29 is 0 Å². The van der Waals surface area contributed by atoms with Crippen molar-refractivity contribution in [3.8, 4) is 0 Å². The van der Waals surface area contributed by atoms with E-state index in [9.17, 15) is 0 Å². The summed E-state index contributed by atoms with van der Waals surface area (Å²) in [5, 5.41) is 7.77. The van der Waals surface area contributed by atoms with Gasteiger partial charge in [0, 0.05) is 0 Å². The van der Waals surface area contributed by atoms with Crippen LogP contribution < -0.4 is 10.6 Å². The first-order valence-corrected chi connectivity index (χ1v) is 14.4. The van der Waals surface area contributed by atoms with Crippen molar-refractivity contribution in [3.05, 3.63) is 0 Å². The van der Waals surface area contributed by atoms with Crippen LogP contribution in [0.3, 0.4) is 0 Å². The maximum atomic E-state index is 3.89. The monoisotopic (exact) mass is 459 g/mol. The Bertz CT molecular complexity index is 334. The maximum Gasteiger partial charge on any atom is 0.0571 e. The van der Waals surface area contributed by atoms with Gasteiger partial charge in [0.25, 0.3) is 0 Å². The van der Waals surface area contributed by atoms with Crippen LogP contribution in [-0.4, -0.2) is 68.3 Å². The average molecular weight is 459 g/mol. The van der Waals surface area contributed by atoms with Crippen molar-refractivity contribution in [2.45, 2.75) is 119 Å². The number of nitrogens with one attached hydrogen (secondary N) is 2. The van der Waals surface area contributed by atoms with Gasteiger partial charge in [-0.25, -0.2) is 0 Å². The molecule has 0 spiro atoms. The summed E-state index contributed by atoms with van der Waals surface area (Å²) in [6, 6.07) is 0. The molecule has 0 aliphatic heterocycles. The Morgan fingerprint density at radius 1 is 0.500 bits per heavy atom. The van der Waals surface area contributed by atoms with Crippen molar-refractivity contribution in [2.24, 2.45) is 11.8 Å². The molecule has 0 radical (unpaired) electrons. The quantitative estimate of drug-likeness (QED) is 0.130. The molecule has 0 aliphatic carbocycles. The third-order valence-corrected chi connectivity index (χ3v) is 6.56. The van der Waals surface area contributed by atoms with E-state index in [-0.39, 0.29) is 0 Å². The lowest BCUT2D eigenvalue weighted by atomic mass is 10.1. The van der Waals surface area contributed by atoms with E-state index in [4.69, 9.17) is 0 Å². The molecule has 32 heavy (non-hydrogen) atoms. The molecular formula is C28H62N4. The van der Waals surface area contributed by atoms with Gasteiger partial charge in [0.2, 0.25) is 0 Å². The van der Waals surface area contributed by atoms with Crippen molar-refractivity contribution in [1.82, 2.24) is 20.4 Å². The predicted octanol–water partition coefficient (Wildman–Crippen LogP) is 6.37. The molecule has 2 N–H and O–H groups in total. The van der Waals surface area contributed by atoms with Gasteiger partial charge < -0.3 is 20.4 Å². The molecule has 0 saturated heterocycles. The van der Waals surface area contributed by atoms with Crippen LogP contribution in [0, 0.1) is 11.8 Å². The van der Waals surface area contributed by atoms with Crippen LogP contribution in [0.15, 0.2) is 0 Å². The second kappa shape index (κ2) is 22.6. The molecule has 4 nitrogen and oxygen atoms in total. The highest BCUT2D eigenvalue weighted by Crippen LogP contribution is 2.09. The molecule has 0 aromatic rings. The number of hydrogen-bond acceptors (Lipinski definition) is 4. The number of unbranched alkanes of at least 4 members (excludes halogenated alkanes) is 2. The number of hydrogen-bond donors (Lipinski definition) is 2. The van der Waals surface area contributed by atoms with E-state index >= 15 is 0 Å². The second-order valence-electron chi connectivity index (χ2n) is 10.3. The van der Waals surface area contributed by atoms with Crippen molar-refractivity contribution in [2.75, 3.05) is 52.4 Å². The highest BCUT2D eigenvalue weighted by molar-refractivity contribution is 4.71. The van der Waals surface area contributed by atoms with Gasteiger partial charge in [0.1, 0.15) is 0 Å². The van der Waals surface area contributed by atoms with Crippen LogP contribution >= 0.6 is 0 Å². The Hall–Kier alpha value is -0.160. The largest absolute Gasteiger partial charge is 0.303 e. The fourth-order valence-corrected chi connectivity index (χ4v) is 4.51. The lowest BCUT2D eigenvalue weighted by molar-refractivity contribution is 0.243. The number of nitrogens with zero attached hydrogens (tertiary/aromatic N) is 2. The van der Waals surface area contributed by atoms with Gasteiger partial charge in [0.15, 0.2) is 0 Å². The normalized spacial score (nSPS) is 14.9. The minimum atomic E-state index is 0.469. The van der Waals surface area contributed by atoms with Crippen LogP contribution in [-0.2, 0) is 0 Å². The topological polar surface area (TPSA) is 30.5 Å². The standard InChI is InChI=1S/C28H62N4/c1-8-13-14-15-28(29-24-26(6)16-22-31(18-9-2)19-10-3)30-25-27(7)17-23-32(20-11-4)21-12-5/h26-30H,8-25H2,1-7H3/i31+2,32+2. The molecule has 0 aromatic heterocycles. The SMILES string of the molecule is CCCCCC(NCC(C)CC[16N](CCC)CCC)NCC(C)CC[16N](CCC)CCC. The Morgan fingerprint density at radius 3 is 1.25 bits per heavy atom. The molecular weight excluding hydrogens is 396 g/mol. The maximum absolute atomic E-state index is 3.89. The molecule has 0 rings (SSSR count). The van der Waals surface area contributed by atoms with Gasteiger partial charge >= 0.3 is 0 Å². The molecule has 0 amide bonds. The Labute approximate surface area is 203 Å². The molecule has 0 bridgehead atoms. The van der Waals surface area contributed by atoms with E-state index in [0.717, 1.165) is 24.9 Å². The second-order valence-corrected chi connectivity index (χ2v) is 10.3. The molecule has 2 atom stereocenters.